The summed E-state index contributed by atoms with van der Waals surface area (Å²) in [6.45, 7) is 0.461. The molecule has 0 saturated carbocycles. The lowest BCUT2D eigenvalue weighted by Crippen LogP contribution is -2.40. The quantitative estimate of drug-likeness (QED) is 0.578. The molecule has 0 spiro atoms. The Bertz CT molecular complexity index is 776. The molecule has 8 heteroatoms. The highest BCUT2D eigenvalue weighted by molar-refractivity contribution is 6.30. The summed E-state index contributed by atoms with van der Waals surface area (Å²) in [5, 5.41) is 0.407. The van der Waals surface area contributed by atoms with Crippen molar-refractivity contribution in [2.24, 2.45) is 0 Å². The summed E-state index contributed by atoms with van der Waals surface area (Å²) < 4.78 is 51.9. The first-order chi connectivity index (χ1) is 11.3. The van der Waals surface area contributed by atoms with Crippen molar-refractivity contribution in [2.75, 3.05) is 23.0 Å². The SMILES string of the molecule is Fc1cccc(N2C=C(Cl)CN(c3cccc(C(F)(F)F)c3)C2)n1. The van der Waals surface area contributed by atoms with Gasteiger partial charge in [-0.3, -0.25) is 0 Å². The molecule has 1 aliphatic heterocycles. The van der Waals surface area contributed by atoms with E-state index in [2.05, 4.69) is 4.98 Å². The number of halogens is 5. The summed E-state index contributed by atoms with van der Waals surface area (Å²) in [5.41, 5.74) is -0.362. The van der Waals surface area contributed by atoms with E-state index in [0.29, 0.717) is 16.5 Å². The summed E-state index contributed by atoms with van der Waals surface area (Å²) in [6, 6.07) is 9.30. The molecule has 3 nitrogen and oxygen atoms in total. The van der Waals surface area contributed by atoms with Crippen LogP contribution in [0.4, 0.5) is 29.1 Å². The Kier molecular flexibility index (Phi) is 4.36. The van der Waals surface area contributed by atoms with Gasteiger partial charge in [-0.1, -0.05) is 23.7 Å². The molecule has 0 radical (unpaired) electrons. The van der Waals surface area contributed by atoms with Crippen LogP contribution in [0.1, 0.15) is 5.56 Å². The summed E-state index contributed by atoms with van der Waals surface area (Å²) in [4.78, 5) is 7.00. The molecule has 0 unspecified atom stereocenters. The van der Waals surface area contributed by atoms with E-state index in [-0.39, 0.29) is 13.2 Å². The molecular formula is C16H12ClF4N3. The summed E-state index contributed by atoms with van der Waals surface area (Å²) in [6.07, 6.45) is -2.83. The fraction of sp³-hybridized carbons (Fsp3) is 0.188. The smallest absolute Gasteiger partial charge is 0.348 e. The molecule has 1 aliphatic rings. The van der Waals surface area contributed by atoms with Gasteiger partial charge in [0.25, 0.3) is 0 Å². The molecule has 2 aromatic rings. The Labute approximate surface area is 140 Å². The Morgan fingerprint density at radius 1 is 1.08 bits per heavy atom. The predicted molar refractivity (Wildman–Crippen MR) is 84.3 cm³/mol. The maximum atomic E-state index is 13.3. The minimum Gasteiger partial charge on any atom is -0.348 e. The van der Waals surface area contributed by atoms with Crippen molar-refractivity contribution in [2.45, 2.75) is 6.18 Å². The maximum absolute atomic E-state index is 13.3. The van der Waals surface area contributed by atoms with Gasteiger partial charge in [-0.2, -0.15) is 17.6 Å². The van der Waals surface area contributed by atoms with Crippen LogP contribution in [0, 0.1) is 5.95 Å². The average Bonchev–Trinajstić information content (AvgIpc) is 2.54. The van der Waals surface area contributed by atoms with Crippen LogP contribution in [-0.4, -0.2) is 18.2 Å². The molecule has 1 aromatic heterocycles. The number of rotatable bonds is 2. The van der Waals surface area contributed by atoms with Crippen LogP contribution < -0.4 is 9.80 Å². The van der Waals surface area contributed by atoms with E-state index in [0.717, 1.165) is 12.1 Å². The lowest BCUT2D eigenvalue weighted by Gasteiger charge is -2.35. The number of alkyl halides is 3. The van der Waals surface area contributed by atoms with Gasteiger partial charge in [0.15, 0.2) is 0 Å². The third-order valence-corrected chi connectivity index (χ3v) is 3.71. The molecule has 0 amide bonds. The second-order valence-electron chi connectivity index (χ2n) is 5.25. The van der Waals surface area contributed by atoms with Crippen molar-refractivity contribution < 1.29 is 17.6 Å². The lowest BCUT2D eigenvalue weighted by atomic mass is 10.1. The van der Waals surface area contributed by atoms with Crippen LogP contribution in [0.5, 0.6) is 0 Å². The van der Waals surface area contributed by atoms with Gasteiger partial charge >= 0.3 is 6.18 Å². The number of benzene rings is 1. The molecule has 0 aliphatic carbocycles. The first-order valence-corrected chi connectivity index (χ1v) is 7.38. The molecule has 0 N–H and O–H groups in total. The van der Waals surface area contributed by atoms with Crippen molar-refractivity contribution in [3.8, 4) is 0 Å². The van der Waals surface area contributed by atoms with Gasteiger partial charge in [-0.15, -0.1) is 0 Å². The van der Waals surface area contributed by atoms with Crippen LogP contribution in [0.15, 0.2) is 53.7 Å². The van der Waals surface area contributed by atoms with Crippen molar-refractivity contribution in [3.63, 3.8) is 0 Å². The Morgan fingerprint density at radius 2 is 1.83 bits per heavy atom. The highest BCUT2D eigenvalue weighted by atomic mass is 35.5. The van der Waals surface area contributed by atoms with E-state index < -0.39 is 17.7 Å². The monoisotopic (exact) mass is 357 g/mol. The first kappa shape index (κ1) is 16.6. The van der Waals surface area contributed by atoms with Crippen molar-refractivity contribution in [1.29, 1.82) is 0 Å². The second kappa shape index (κ2) is 6.32. The largest absolute Gasteiger partial charge is 0.416 e. The number of pyridine rings is 1. The Morgan fingerprint density at radius 3 is 2.54 bits per heavy atom. The standard InChI is InChI=1S/C16H12ClF4N3/c17-12-8-23(13-4-1-3-11(7-13)16(19,20)21)10-24(9-12)15-6-2-5-14(18)22-15/h1-7,9H,8,10H2. The highest BCUT2D eigenvalue weighted by Crippen LogP contribution is 2.33. The van der Waals surface area contributed by atoms with Gasteiger partial charge in [0.1, 0.15) is 5.82 Å². The van der Waals surface area contributed by atoms with Crippen molar-refractivity contribution >= 4 is 23.1 Å². The predicted octanol–water partition coefficient (Wildman–Crippen LogP) is 4.60. The van der Waals surface area contributed by atoms with Crippen LogP contribution in [0.3, 0.4) is 0 Å². The van der Waals surface area contributed by atoms with Gasteiger partial charge in [0.2, 0.25) is 5.95 Å². The lowest BCUT2D eigenvalue weighted by molar-refractivity contribution is -0.137. The van der Waals surface area contributed by atoms with E-state index >= 15 is 0 Å². The molecule has 0 saturated heterocycles. The topological polar surface area (TPSA) is 19.4 Å². The van der Waals surface area contributed by atoms with Crippen LogP contribution >= 0.6 is 11.6 Å². The zero-order chi connectivity index (χ0) is 17.3. The zero-order valence-corrected chi connectivity index (χ0v) is 13.0. The fourth-order valence-corrected chi connectivity index (χ4v) is 2.68. The minimum absolute atomic E-state index is 0.202. The molecule has 3 rings (SSSR count). The number of nitrogens with zero attached hydrogens (tertiary/aromatic N) is 3. The average molecular weight is 358 g/mol. The van der Waals surface area contributed by atoms with Gasteiger partial charge in [-0.25, -0.2) is 4.98 Å². The molecule has 0 bridgehead atoms. The molecular weight excluding hydrogens is 346 g/mol. The van der Waals surface area contributed by atoms with Crippen molar-refractivity contribution in [3.05, 3.63) is 65.2 Å². The number of hydrogen-bond donors (Lipinski definition) is 0. The third kappa shape index (κ3) is 3.62. The van der Waals surface area contributed by atoms with E-state index in [9.17, 15) is 17.6 Å². The summed E-state index contributed by atoms with van der Waals surface area (Å²) in [7, 11) is 0. The van der Waals surface area contributed by atoms with E-state index in [4.69, 9.17) is 11.6 Å². The maximum Gasteiger partial charge on any atom is 0.416 e. The fourth-order valence-electron chi connectivity index (χ4n) is 2.41. The highest BCUT2D eigenvalue weighted by Gasteiger charge is 2.31. The third-order valence-electron chi connectivity index (χ3n) is 3.49. The second-order valence-corrected chi connectivity index (χ2v) is 5.74. The number of anilines is 2. The number of hydrogen-bond acceptors (Lipinski definition) is 3. The Hall–Kier alpha value is -2.28. The zero-order valence-electron chi connectivity index (χ0n) is 12.3. The number of aromatic nitrogens is 1. The van der Waals surface area contributed by atoms with Crippen LogP contribution in [0.25, 0.3) is 0 Å². The van der Waals surface area contributed by atoms with Gasteiger partial charge < -0.3 is 9.80 Å². The summed E-state index contributed by atoms with van der Waals surface area (Å²) >= 11 is 6.11. The summed E-state index contributed by atoms with van der Waals surface area (Å²) in [5.74, 6) is -0.321. The van der Waals surface area contributed by atoms with Crippen molar-refractivity contribution in [1.82, 2.24) is 4.98 Å². The van der Waals surface area contributed by atoms with Gasteiger partial charge in [0, 0.05) is 11.9 Å². The minimum atomic E-state index is -4.42. The molecule has 0 fully saturated rings. The normalized spacial score (nSPS) is 15.5. The Balaban J connectivity index is 1.90. The first-order valence-electron chi connectivity index (χ1n) is 7.00. The van der Waals surface area contributed by atoms with E-state index in [1.807, 2.05) is 0 Å². The molecule has 126 valence electrons. The molecule has 24 heavy (non-hydrogen) atoms. The van der Waals surface area contributed by atoms with Crippen LogP contribution in [0.2, 0.25) is 0 Å². The van der Waals surface area contributed by atoms with E-state index in [1.165, 1.54) is 18.2 Å². The molecule has 2 heterocycles. The van der Waals surface area contributed by atoms with E-state index in [1.54, 1.807) is 28.1 Å². The molecule has 1 aromatic carbocycles. The van der Waals surface area contributed by atoms with Crippen LogP contribution in [-0.2, 0) is 6.18 Å². The van der Waals surface area contributed by atoms with Gasteiger partial charge in [-0.05, 0) is 30.3 Å². The van der Waals surface area contributed by atoms with Gasteiger partial charge in [0.05, 0.1) is 23.8 Å². The molecule has 0 atom stereocenters.